The van der Waals surface area contributed by atoms with Gasteiger partial charge in [0.1, 0.15) is 0 Å². The Labute approximate surface area is 191 Å². The molecule has 0 spiro atoms. The highest BCUT2D eigenvalue weighted by atomic mass is 16.6. The van der Waals surface area contributed by atoms with Crippen molar-refractivity contribution >= 4 is 17.9 Å². The molecule has 0 aromatic carbocycles. The Morgan fingerprint density at radius 3 is 2.22 bits per heavy atom. The quantitative estimate of drug-likeness (QED) is 0.320. The van der Waals surface area contributed by atoms with Crippen molar-refractivity contribution in [2.45, 2.75) is 78.9 Å². The van der Waals surface area contributed by atoms with Gasteiger partial charge in [0.2, 0.25) is 0 Å². The molecule has 0 bridgehead atoms. The van der Waals surface area contributed by atoms with Crippen molar-refractivity contribution in [2.24, 2.45) is 29.1 Å². The lowest BCUT2D eigenvalue weighted by molar-refractivity contribution is -0.180. The van der Waals surface area contributed by atoms with E-state index in [1.165, 1.54) is 0 Å². The molecule has 5 atom stereocenters. The average molecular weight is 451 g/mol. The van der Waals surface area contributed by atoms with Gasteiger partial charge in [0.05, 0.1) is 31.8 Å². The number of carboxylic acid groups (broad SMARTS) is 1. The van der Waals surface area contributed by atoms with E-state index in [1.807, 2.05) is 0 Å². The summed E-state index contributed by atoms with van der Waals surface area (Å²) in [5, 5.41) is 9.69. The number of esters is 2. The summed E-state index contributed by atoms with van der Waals surface area (Å²) in [6.45, 7) is 13.7. The van der Waals surface area contributed by atoms with E-state index in [0.29, 0.717) is 23.3 Å². The maximum Gasteiger partial charge on any atom is 0.324 e. The molecule has 180 valence electrons. The summed E-state index contributed by atoms with van der Waals surface area (Å²) >= 11 is 0. The van der Waals surface area contributed by atoms with E-state index < -0.39 is 41.8 Å². The Bertz CT molecular complexity index is 731. The van der Waals surface area contributed by atoms with Gasteiger partial charge in [-0.2, -0.15) is 0 Å². The Morgan fingerprint density at radius 2 is 1.75 bits per heavy atom. The standard InChI is InChI=1S/C25H38O7/c1-7-17-14-25(23(28)30-8-2,24(29)31-9-3)19(13-21(26)27)22(17)32-20-12-16(6)10-11-18(20)15(4)5/h15-16,18-20,22H,1,8-14H2,2-6H3,(H,26,27)/t16-,18+,19-,20-,22-/m1/s1. The Morgan fingerprint density at radius 1 is 1.16 bits per heavy atom. The average Bonchev–Trinajstić information content (AvgIpc) is 3.02. The van der Waals surface area contributed by atoms with Crippen LogP contribution in [0.15, 0.2) is 17.9 Å². The Hall–Kier alpha value is -2.11. The monoisotopic (exact) mass is 450 g/mol. The number of carbonyl (C=O) groups excluding carboxylic acids is 2. The molecule has 7 nitrogen and oxygen atoms in total. The summed E-state index contributed by atoms with van der Waals surface area (Å²) in [4.78, 5) is 38.2. The highest BCUT2D eigenvalue weighted by Crippen LogP contribution is 2.52. The number of aliphatic carboxylic acids is 1. The molecule has 2 fully saturated rings. The van der Waals surface area contributed by atoms with Gasteiger partial charge in [0, 0.05) is 17.9 Å². The minimum Gasteiger partial charge on any atom is -0.481 e. The smallest absolute Gasteiger partial charge is 0.324 e. The van der Waals surface area contributed by atoms with Crippen molar-refractivity contribution in [2.75, 3.05) is 13.2 Å². The minimum absolute atomic E-state index is 0.0635. The van der Waals surface area contributed by atoms with Crippen molar-refractivity contribution in [3.05, 3.63) is 17.9 Å². The van der Waals surface area contributed by atoms with Crippen LogP contribution in [0.4, 0.5) is 0 Å². The molecule has 0 heterocycles. The Kier molecular flexibility index (Phi) is 9.11. The molecule has 2 saturated carbocycles. The number of hydrogen-bond donors (Lipinski definition) is 1. The fourth-order valence-corrected chi connectivity index (χ4v) is 5.35. The maximum absolute atomic E-state index is 13.2. The second-order valence-electron chi connectivity index (χ2n) is 9.42. The normalized spacial score (nSPS) is 29.4. The zero-order valence-electron chi connectivity index (χ0n) is 20.0. The van der Waals surface area contributed by atoms with Gasteiger partial charge < -0.3 is 19.3 Å². The van der Waals surface area contributed by atoms with Crippen LogP contribution in [0.1, 0.15) is 66.7 Å². The van der Waals surface area contributed by atoms with E-state index in [0.717, 1.165) is 19.3 Å². The highest BCUT2D eigenvalue weighted by Gasteiger charge is 2.64. The van der Waals surface area contributed by atoms with E-state index in [9.17, 15) is 19.5 Å². The fraction of sp³-hybridized carbons (Fsp3) is 0.760. The minimum atomic E-state index is -1.79. The van der Waals surface area contributed by atoms with Gasteiger partial charge in [-0.05, 0) is 44.4 Å². The lowest BCUT2D eigenvalue weighted by atomic mass is 9.74. The van der Waals surface area contributed by atoms with Gasteiger partial charge in [-0.25, -0.2) is 0 Å². The fourth-order valence-electron chi connectivity index (χ4n) is 5.35. The first-order valence-electron chi connectivity index (χ1n) is 11.7. The van der Waals surface area contributed by atoms with Crippen LogP contribution in [0, 0.1) is 29.1 Å². The second kappa shape index (κ2) is 11.2. The molecule has 0 aliphatic heterocycles. The number of hydrogen-bond acceptors (Lipinski definition) is 6. The molecule has 7 heteroatoms. The topological polar surface area (TPSA) is 99.1 Å². The lowest BCUT2D eigenvalue weighted by Crippen LogP contribution is -2.49. The molecule has 0 saturated heterocycles. The zero-order valence-corrected chi connectivity index (χ0v) is 20.0. The first-order valence-corrected chi connectivity index (χ1v) is 11.7. The molecule has 1 N–H and O–H groups in total. The van der Waals surface area contributed by atoms with Crippen molar-refractivity contribution < 1.29 is 33.7 Å². The van der Waals surface area contributed by atoms with Crippen LogP contribution in [-0.2, 0) is 28.6 Å². The summed E-state index contributed by atoms with van der Waals surface area (Å²) < 4.78 is 17.1. The summed E-state index contributed by atoms with van der Waals surface area (Å²) in [5.41, 5.74) is 1.58. The molecular weight excluding hydrogens is 412 g/mol. The van der Waals surface area contributed by atoms with E-state index >= 15 is 0 Å². The molecule has 0 aromatic rings. The van der Waals surface area contributed by atoms with Crippen LogP contribution < -0.4 is 0 Å². The van der Waals surface area contributed by atoms with Crippen molar-refractivity contribution in [3.63, 3.8) is 0 Å². The molecule has 32 heavy (non-hydrogen) atoms. The third-order valence-corrected chi connectivity index (χ3v) is 6.99. The number of ether oxygens (including phenoxy) is 3. The summed E-state index contributed by atoms with van der Waals surface area (Å²) in [6, 6.07) is 0. The predicted octanol–water partition coefficient (Wildman–Crippen LogP) is 4.15. The van der Waals surface area contributed by atoms with E-state index in [2.05, 4.69) is 33.1 Å². The second-order valence-corrected chi connectivity index (χ2v) is 9.42. The first kappa shape index (κ1) is 26.1. The summed E-state index contributed by atoms with van der Waals surface area (Å²) in [7, 11) is 0. The largest absolute Gasteiger partial charge is 0.481 e. The Balaban J connectivity index is 2.54. The molecule has 0 amide bonds. The molecule has 0 aromatic heterocycles. The van der Waals surface area contributed by atoms with Gasteiger partial charge in [-0.1, -0.05) is 33.8 Å². The zero-order chi connectivity index (χ0) is 24.1. The molecule has 2 aliphatic carbocycles. The number of carboxylic acids is 1. The maximum atomic E-state index is 13.2. The first-order chi connectivity index (χ1) is 15.1. The van der Waals surface area contributed by atoms with Gasteiger partial charge in [0.15, 0.2) is 5.41 Å². The van der Waals surface area contributed by atoms with E-state index in [-0.39, 0.29) is 25.7 Å². The highest BCUT2D eigenvalue weighted by molar-refractivity contribution is 6.02. The van der Waals surface area contributed by atoms with Crippen molar-refractivity contribution in [1.29, 1.82) is 0 Å². The van der Waals surface area contributed by atoms with Gasteiger partial charge in [-0.3, -0.25) is 14.4 Å². The van der Waals surface area contributed by atoms with Crippen LogP contribution in [0.2, 0.25) is 0 Å². The lowest BCUT2D eigenvalue weighted by Gasteiger charge is -2.40. The van der Waals surface area contributed by atoms with Crippen LogP contribution >= 0.6 is 0 Å². The van der Waals surface area contributed by atoms with Crippen molar-refractivity contribution in [3.8, 4) is 0 Å². The van der Waals surface area contributed by atoms with Crippen LogP contribution in [0.25, 0.3) is 0 Å². The number of carbonyl (C=O) groups is 3. The van der Waals surface area contributed by atoms with Crippen LogP contribution in [-0.4, -0.2) is 48.4 Å². The molecule has 2 rings (SSSR count). The van der Waals surface area contributed by atoms with Crippen molar-refractivity contribution in [1.82, 2.24) is 0 Å². The molecule has 0 radical (unpaired) electrons. The van der Waals surface area contributed by atoms with Gasteiger partial charge in [-0.15, -0.1) is 5.73 Å². The van der Waals surface area contributed by atoms with Crippen LogP contribution in [0.3, 0.4) is 0 Å². The summed E-state index contributed by atoms with van der Waals surface area (Å²) in [5.74, 6) is -2.46. The molecule has 2 aliphatic rings. The van der Waals surface area contributed by atoms with Gasteiger partial charge >= 0.3 is 17.9 Å². The third kappa shape index (κ3) is 5.26. The van der Waals surface area contributed by atoms with E-state index in [4.69, 9.17) is 14.2 Å². The molecule has 0 unspecified atom stereocenters. The number of rotatable bonds is 9. The third-order valence-electron chi connectivity index (χ3n) is 6.99. The summed E-state index contributed by atoms with van der Waals surface area (Å²) in [6.07, 6.45) is 1.61. The SMILES string of the molecule is C=C=C1CC(C(=O)OCC)(C(=O)OCC)[C@H](CC(=O)O)[C@@H]1O[C@@H]1C[C@H](C)CC[C@H]1C(C)C. The van der Waals surface area contributed by atoms with Crippen LogP contribution in [0.5, 0.6) is 0 Å². The molecular formula is C25H38O7. The van der Waals surface area contributed by atoms with Gasteiger partial charge in [0.25, 0.3) is 0 Å². The van der Waals surface area contributed by atoms with E-state index in [1.54, 1.807) is 13.8 Å². The predicted molar refractivity (Wildman–Crippen MR) is 119 cm³/mol.